The quantitative estimate of drug-likeness (QED) is 0.218. The maximum absolute atomic E-state index is 6.74. The second-order valence-corrected chi connectivity index (χ2v) is 10.5. The molecule has 0 aliphatic carbocycles. The van der Waals surface area contributed by atoms with Crippen LogP contribution in [0.5, 0.6) is 23.0 Å². The van der Waals surface area contributed by atoms with Crippen LogP contribution in [0.25, 0.3) is 27.5 Å². The van der Waals surface area contributed by atoms with Gasteiger partial charge in [0.25, 0.3) is 0 Å². The van der Waals surface area contributed by atoms with E-state index in [-0.39, 0.29) is 0 Å². The minimum Gasteiger partial charge on any atom is -0.457 e. The third kappa shape index (κ3) is 2.64. The Bertz CT molecular complexity index is 1980. The molecule has 0 atom stereocenters. The molecule has 6 aromatic carbocycles. The third-order valence-electron chi connectivity index (χ3n) is 8.51. The Morgan fingerprint density at radius 2 is 0.825 bits per heavy atom. The summed E-state index contributed by atoms with van der Waals surface area (Å²) in [6.07, 6.45) is 0. The molecule has 188 valence electrons. The maximum Gasteiger partial charge on any atom is 0.134 e. The first kappa shape index (κ1) is 21.6. The highest BCUT2D eigenvalue weighted by molar-refractivity contribution is 6.09. The van der Waals surface area contributed by atoms with E-state index in [1.54, 1.807) is 0 Å². The van der Waals surface area contributed by atoms with Gasteiger partial charge in [-0.15, -0.1) is 0 Å². The summed E-state index contributed by atoms with van der Waals surface area (Å²) in [7, 11) is 0. The van der Waals surface area contributed by atoms with Crippen LogP contribution in [-0.4, -0.2) is 4.57 Å². The minimum atomic E-state index is -0.654. The molecule has 0 amide bonds. The van der Waals surface area contributed by atoms with Gasteiger partial charge in [0.15, 0.2) is 0 Å². The zero-order chi connectivity index (χ0) is 26.3. The lowest BCUT2D eigenvalue weighted by Crippen LogP contribution is -2.37. The van der Waals surface area contributed by atoms with Crippen LogP contribution in [0.2, 0.25) is 0 Å². The maximum atomic E-state index is 6.74. The van der Waals surface area contributed by atoms with E-state index in [2.05, 4.69) is 126 Å². The number of rotatable bonds is 1. The van der Waals surface area contributed by atoms with Crippen LogP contribution < -0.4 is 9.47 Å². The average molecular weight is 514 g/mol. The fourth-order valence-corrected chi connectivity index (χ4v) is 7.02. The largest absolute Gasteiger partial charge is 0.457 e. The normalized spacial score (nSPS) is 14.1. The number of nitrogens with zero attached hydrogens (tertiary/aromatic N) is 1. The van der Waals surface area contributed by atoms with E-state index < -0.39 is 5.41 Å². The molecule has 40 heavy (non-hydrogen) atoms. The van der Waals surface area contributed by atoms with Gasteiger partial charge in [-0.05, 0) is 42.5 Å². The van der Waals surface area contributed by atoms with Gasteiger partial charge in [-0.3, -0.25) is 0 Å². The van der Waals surface area contributed by atoms with Gasteiger partial charge in [0.1, 0.15) is 23.0 Å². The van der Waals surface area contributed by atoms with Crippen molar-refractivity contribution < 1.29 is 9.47 Å². The van der Waals surface area contributed by atoms with E-state index in [4.69, 9.17) is 9.47 Å². The number of hydrogen-bond donors (Lipinski definition) is 0. The van der Waals surface area contributed by atoms with Gasteiger partial charge in [0.2, 0.25) is 0 Å². The minimum absolute atomic E-state index is 0.654. The van der Waals surface area contributed by atoms with Crippen molar-refractivity contribution in [1.82, 2.24) is 4.57 Å². The molecule has 3 heterocycles. The molecule has 1 spiro atoms. The summed E-state index contributed by atoms with van der Waals surface area (Å²) in [6, 6.07) is 49.1. The van der Waals surface area contributed by atoms with Crippen LogP contribution in [0.1, 0.15) is 22.3 Å². The third-order valence-corrected chi connectivity index (χ3v) is 8.51. The van der Waals surface area contributed by atoms with E-state index in [0.29, 0.717) is 0 Å². The van der Waals surface area contributed by atoms with Crippen molar-refractivity contribution in [3.8, 4) is 28.7 Å². The van der Waals surface area contributed by atoms with Crippen LogP contribution in [-0.2, 0) is 5.41 Å². The lowest BCUT2D eigenvalue weighted by atomic mass is 9.62. The Balaban J connectivity index is 1.52. The first-order chi connectivity index (χ1) is 19.9. The van der Waals surface area contributed by atoms with Crippen molar-refractivity contribution in [2.75, 3.05) is 0 Å². The van der Waals surface area contributed by atoms with Gasteiger partial charge in [-0.1, -0.05) is 97.1 Å². The summed E-state index contributed by atoms with van der Waals surface area (Å²) in [4.78, 5) is 0. The fourth-order valence-electron chi connectivity index (χ4n) is 7.02. The molecule has 0 saturated carbocycles. The number of benzene rings is 6. The molecule has 9 rings (SSSR count). The molecule has 0 bridgehead atoms. The molecule has 0 radical (unpaired) electrons. The highest BCUT2D eigenvalue weighted by atomic mass is 16.5. The first-order valence-electron chi connectivity index (χ1n) is 13.6. The topological polar surface area (TPSA) is 23.4 Å². The molecular formula is C37H23NO2. The van der Waals surface area contributed by atoms with E-state index in [1.165, 1.54) is 21.8 Å². The van der Waals surface area contributed by atoms with Crippen LogP contribution >= 0.6 is 0 Å². The first-order valence-corrected chi connectivity index (χ1v) is 13.6. The Morgan fingerprint density at radius 1 is 0.400 bits per heavy atom. The van der Waals surface area contributed by atoms with E-state index in [9.17, 15) is 0 Å². The second-order valence-electron chi connectivity index (χ2n) is 10.5. The highest BCUT2D eigenvalue weighted by Crippen LogP contribution is 2.62. The number of fused-ring (bicyclic) bond motifs is 11. The Kier molecular flexibility index (Phi) is 4.26. The lowest BCUT2D eigenvalue weighted by molar-refractivity contribution is 0.399. The summed E-state index contributed by atoms with van der Waals surface area (Å²) in [5, 5.41) is 2.46. The van der Waals surface area contributed by atoms with Crippen molar-refractivity contribution in [3.63, 3.8) is 0 Å². The molecule has 1 aromatic heterocycles. The summed E-state index contributed by atoms with van der Waals surface area (Å²) < 4.78 is 15.7. The van der Waals surface area contributed by atoms with Crippen LogP contribution in [0.3, 0.4) is 0 Å². The molecule has 0 fully saturated rings. The van der Waals surface area contributed by atoms with Gasteiger partial charge < -0.3 is 14.0 Å². The van der Waals surface area contributed by atoms with Gasteiger partial charge in [0, 0.05) is 33.0 Å². The summed E-state index contributed by atoms with van der Waals surface area (Å²) in [5.74, 6) is 3.44. The number of para-hydroxylation sites is 5. The molecular weight excluding hydrogens is 490 g/mol. The Hall–Kier alpha value is -5.28. The summed E-state index contributed by atoms with van der Waals surface area (Å²) in [6.45, 7) is 0. The lowest BCUT2D eigenvalue weighted by Gasteiger charge is -2.45. The van der Waals surface area contributed by atoms with Crippen molar-refractivity contribution in [2.24, 2.45) is 0 Å². The van der Waals surface area contributed by atoms with E-state index in [1.807, 2.05) is 18.2 Å². The van der Waals surface area contributed by atoms with Crippen LogP contribution in [0.4, 0.5) is 0 Å². The number of hydrogen-bond acceptors (Lipinski definition) is 2. The van der Waals surface area contributed by atoms with Crippen molar-refractivity contribution >= 4 is 21.8 Å². The molecule has 2 aliphatic rings. The molecule has 3 nitrogen and oxygen atoms in total. The second kappa shape index (κ2) is 7.87. The fraction of sp³-hybridized carbons (Fsp3) is 0.0270. The zero-order valence-corrected chi connectivity index (χ0v) is 21.5. The highest BCUT2D eigenvalue weighted by Gasteiger charge is 2.51. The zero-order valence-electron chi connectivity index (χ0n) is 21.5. The summed E-state index contributed by atoms with van der Waals surface area (Å²) >= 11 is 0. The van der Waals surface area contributed by atoms with Gasteiger partial charge >= 0.3 is 0 Å². The van der Waals surface area contributed by atoms with Gasteiger partial charge in [-0.2, -0.15) is 0 Å². The predicted molar refractivity (Wildman–Crippen MR) is 159 cm³/mol. The Morgan fingerprint density at radius 3 is 1.38 bits per heavy atom. The smallest absolute Gasteiger partial charge is 0.134 e. The van der Waals surface area contributed by atoms with Crippen LogP contribution in [0.15, 0.2) is 140 Å². The number of aromatic nitrogens is 1. The van der Waals surface area contributed by atoms with Gasteiger partial charge in [-0.25, -0.2) is 0 Å². The Labute approximate surface area is 231 Å². The van der Waals surface area contributed by atoms with Gasteiger partial charge in [0.05, 0.1) is 22.1 Å². The SMILES string of the molecule is c1ccc2c(c1)Oc1ccccc1C21c2ccccc2Oc2cccc(-n3c4ccccc4c4ccccc43)c21. The van der Waals surface area contributed by atoms with Crippen molar-refractivity contribution in [3.05, 3.63) is 162 Å². The predicted octanol–water partition coefficient (Wildman–Crippen LogP) is 9.38. The molecule has 7 aromatic rings. The van der Waals surface area contributed by atoms with Crippen molar-refractivity contribution in [2.45, 2.75) is 5.41 Å². The van der Waals surface area contributed by atoms with E-state index in [0.717, 1.165) is 50.9 Å². The molecule has 3 heteroatoms. The average Bonchev–Trinajstić information content (AvgIpc) is 3.35. The molecule has 2 aliphatic heterocycles. The molecule has 0 N–H and O–H groups in total. The summed E-state index contributed by atoms with van der Waals surface area (Å²) in [5.41, 5.74) is 7.22. The number of ether oxygens (including phenoxy) is 2. The van der Waals surface area contributed by atoms with Crippen molar-refractivity contribution in [1.29, 1.82) is 0 Å². The van der Waals surface area contributed by atoms with E-state index >= 15 is 0 Å². The standard InChI is InChI=1S/C37H23NO2/c1-6-17-29-24(12-1)25-13-2-7-18-30(25)38(29)31-19-11-23-35-36(31)37(28-16-5-10-22-34(28)40-35)26-14-3-8-20-32(26)39-33-21-9-4-15-27(33)37/h1-23H. The van der Waals surface area contributed by atoms with Crippen LogP contribution in [0, 0.1) is 0 Å². The monoisotopic (exact) mass is 513 g/mol. The molecule has 0 unspecified atom stereocenters. The molecule has 0 saturated heterocycles.